The summed E-state index contributed by atoms with van der Waals surface area (Å²) in [6, 6.07) is 0. The standard InChI is InChI=1S/C8H19NO/c1-4-8(9,5-2)6-7-10-3/h4-7,9H2,1-3H3. The molecule has 2 N–H and O–H groups in total. The predicted octanol–water partition coefficient (Wildman–Crippen LogP) is 1.54. The predicted molar refractivity (Wildman–Crippen MR) is 44.0 cm³/mol. The highest BCUT2D eigenvalue weighted by Crippen LogP contribution is 2.15. The maximum atomic E-state index is 6.00. The number of hydrogen-bond acceptors (Lipinski definition) is 2. The van der Waals surface area contributed by atoms with Crippen molar-refractivity contribution < 1.29 is 4.74 Å². The van der Waals surface area contributed by atoms with Crippen LogP contribution in [0.15, 0.2) is 0 Å². The van der Waals surface area contributed by atoms with Crippen molar-refractivity contribution in [1.29, 1.82) is 0 Å². The summed E-state index contributed by atoms with van der Waals surface area (Å²) in [7, 11) is 1.71. The fraction of sp³-hybridized carbons (Fsp3) is 1.00. The fourth-order valence-corrected chi connectivity index (χ4v) is 0.909. The lowest BCUT2D eigenvalue weighted by molar-refractivity contribution is 0.164. The van der Waals surface area contributed by atoms with Crippen molar-refractivity contribution in [2.24, 2.45) is 5.73 Å². The minimum atomic E-state index is 0.00993. The van der Waals surface area contributed by atoms with Gasteiger partial charge in [-0.3, -0.25) is 0 Å². The largest absolute Gasteiger partial charge is 0.385 e. The molecule has 0 aliphatic carbocycles. The molecule has 0 aromatic heterocycles. The lowest BCUT2D eigenvalue weighted by Crippen LogP contribution is -2.39. The summed E-state index contributed by atoms with van der Waals surface area (Å²) in [4.78, 5) is 0. The first-order valence-electron chi connectivity index (χ1n) is 3.96. The molecule has 2 heteroatoms. The molecular weight excluding hydrogens is 126 g/mol. The van der Waals surface area contributed by atoms with Crippen LogP contribution in [-0.2, 0) is 4.74 Å². The Bertz CT molecular complexity index is 79.3. The molecule has 62 valence electrons. The van der Waals surface area contributed by atoms with Gasteiger partial charge in [-0.05, 0) is 19.3 Å². The van der Waals surface area contributed by atoms with E-state index in [-0.39, 0.29) is 5.54 Å². The van der Waals surface area contributed by atoms with E-state index in [0.717, 1.165) is 25.9 Å². The molecule has 0 aromatic carbocycles. The van der Waals surface area contributed by atoms with Crippen molar-refractivity contribution in [2.45, 2.75) is 38.6 Å². The first-order valence-corrected chi connectivity index (χ1v) is 3.96. The van der Waals surface area contributed by atoms with Crippen LogP contribution in [0.5, 0.6) is 0 Å². The van der Waals surface area contributed by atoms with E-state index < -0.39 is 0 Å². The van der Waals surface area contributed by atoms with Gasteiger partial charge in [-0.2, -0.15) is 0 Å². The molecule has 0 heterocycles. The Morgan fingerprint density at radius 1 is 1.30 bits per heavy atom. The van der Waals surface area contributed by atoms with Gasteiger partial charge in [0, 0.05) is 19.3 Å². The van der Waals surface area contributed by atoms with E-state index in [1.165, 1.54) is 0 Å². The second-order valence-electron chi connectivity index (χ2n) is 2.81. The lowest BCUT2D eigenvalue weighted by atomic mass is 9.91. The highest BCUT2D eigenvalue weighted by molar-refractivity contribution is 4.80. The van der Waals surface area contributed by atoms with E-state index in [0.29, 0.717) is 0 Å². The number of ether oxygens (including phenoxy) is 1. The topological polar surface area (TPSA) is 35.2 Å². The maximum Gasteiger partial charge on any atom is 0.0479 e. The molecule has 0 saturated carbocycles. The molecule has 0 spiro atoms. The zero-order valence-corrected chi connectivity index (χ0v) is 7.31. The Kier molecular flexibility index (Phi) is 4.65. The average Bonchev–Trinajstić information content (AvgIpc) is 2.00. The van der Waals surface area contributed by atoms with Crippen molar-refractivity contribution in [3.63, 3.8) is 0 Å². The third kappa shape index (κ3) is 3.18. The van der Waals surface area contributed by atoms with Crippen LogP contribution >= 0.6 is 0 Å². The van der Waals surface area contributed by atoms with Crippen LogP contribution in [0.2, 0.25) is 0 Å². The van der Waals surface area contributed by atoms with Gasteiger partial charge in [-0.25, -0.2) is 0 Å². The number of methoxy groups -OCH3 is 1. The lowest BCUT2D eigenvalue weighted by Gasteiger charge is -2.25. The molecule has 2 nitrogen and oxygen atoms in total. The van der Waals surface area contributed by atoms with Crippen LogP contribution in [0.1, 0.15) is 33.1 Å². The highest BCUT2D eigenvalue weighted by atomic mass is 16.5. The van der Waals surface area contributed by atoms with Gasteiger partial charge in [0.25, 0.3) is 0 Å². The van der Waals surface area contributed by atoms with Gasteiger partial charge >= 0.3 is 0 Å². The second-order valence-corrected chi connectivity index (χ2v) is 2.81. The Labute approximate surface area is 63.7 Å². The quantitative estimate of drug-likeness (QED) is 0.637. The van der Waals surface area contributed by atoms with E-state index in [9.17, 15) is 0 Å². The Morgan fingerprint density at radius 3 is 2.10 bits per heavy atom. The van der Waals surface area contributed by atoms with Crippen molar-refractivity contribution in [1.82, 2.24) is 0 Å². The third-order valence-corrected chi connectivity index (χ3v) is 2.21. The summed E-state index contributed by atoms with van der Waals surface area (Å²) in [5.74, 6) is 0. The third-order valence-electron chi connectivity index (χ3n) is 2.21. The molecule has 0 unspecified atom stereocenters. The summed E-state index contributed by atoms with van der Waals surface area (Å²) in [5.41, 5.74) is 6.01. The number of hydrogen-bond donors (Lipinski definition) is 1. The Balaban J connectivity index is 3.58. The van der Waals surface area contributed by atoms with Gasteiger partial charge in [0.05, 0.1) is 0 Å². The molecule has 0 radical (unpaired) electrons. The van der Waals surface area contributed by atoms with Crippen LogP contribution in [0.4, 0.5) is 0 Å². The van der Waals surface area contributed by atoms with Gasteiger partial charge in [-0.15, -0.1) is 0 Å². The van der Waals surface area contributed by atoms with E-state index >= 15 is 0 Å². The summed E-state index contributed by atoms with van der Waals surface area (Å²) >= 11 is 0. The Hall–Kier alpha value is -0.0800. The molecule has 0 fully saturated rings. The minimum absolute atomic E-state index is 0.00993. The van der Waals surface area contributed by atoms with Gasteiger partial charge in [-0.1, -0.05) is 13.8 Å². The molecular formula is C8H19NO. The van der Waals surface area contributed by atoms with Crippen LogP contribution < -0.4 is 5.73 Å². The first kappa shape index (κ1) is 9.92. The molecule has 0 amide bonds. The molecule has 10 heavy (non-hydrogen) atoms. The second kappa shape index (κ2) is 4.69. The normalized spacial score (nSPS) is 12.0. The van der Waals surface area contributed by atoms with Crippen LogP contribution in [0.25, 0.3) is 0 Å². The Morgan fingerprint density at radius 2 is 1.80 bits per heavy atom. The van der Waals surface area contributed by atoms with Gasteiger partial charge in [0.1, 0.15) is 0 Å². The highest BCUT2D eigenvalue weighted by Gasteiger charge is 2.18. The van der Waals surface area contributed by atoms with Gasteiger partial charge in [0.15, 0.2) is 0 Å². The smallest absolute Gasteiger partial charge is 0.0479 e. The molecule has 0 rings (SSSR count). The van der Waals surface area contributed by atoms with Crippen LogP contribution in [-0.4, -0.2) is 19.3 Å². The van der Waals surface area contributed by atoms with Crippen molar-refractivity contribution in [2.75, 3.05) is 13.7 Å². The monoisotopic (exact) mass is 145 g/mol. The van der Waals surface area contributed by atoms with E-state index in [1.807, 2.05) is 0 Å². The van der Waals surface area contributed by atoms with Crippen molar-refractivity contribution >= 4 is 0 Å². The van der Waals surface area contributed by atoms with E-state index in [1.54, 1.807) is 7.11 Å². The van der Waals surface area contributed by atoms with Crippen molar-refractivity contribution in [3.8, 4) is 0 Å². The minimum Gasteiger partial charge on any atom is -0.385 e. The molecule has 0 aliphatic heterocycles. The van der Waals surface area contributed by atoms with Gasteiger partial charge < -0.3 is 10.5 Å². The molecule has 0 saturated heterocycles. The summed E-state index contributed by atoms with van der Waals surface area (Å²) in [6.45, 7) is 5.02. The fourth-order valence-electron chi connectivity index (χ4n) is 0.909. The first-order chi connectivity index (χ1) is 4.68. The van der Waals surface area contributed by atoms with Crippen LogP contribution in [0.3, 0.4) is 0 Å². The van der Waals surface area contributed by atoms with Gasteiger partial charge in [0.2, 0.25) is 0 Å². The SMILES string of the molecule is CCC(N)(CC)CCOC. The molecule has 0 aromatic rings. The summed E-state index contributed by atoms with van der Waals surface area (Å²) in [6.07, 6.45) is 3.04. The average molecular weight is 145 g/mol. The maximum absolute atomic E-state index is 6.00. The zero-order valence-electron chi connectivity index (χ0n) is 7.31. The number of nitrogens with two attached hydrogens (primary N) is 1. The van der Waals surface area contributed by atoms with Crippen LogP contribution in [0, 0.1) is 0 Å². The molecule has 0 bridgehead atoms. The summed E-state index contributed by atoms with van der Waals surface area (Å²) in [5, 5.41) is 0. The molecule has 0 atom stereocenters. The van der Waals surface area contributed by atoms with Crippen molar-refractivity contribution in [3.05, 3.63) is 0 Å². The van der Waals surface area contributed by atoms with E-state index in [4.69, 9.17) is 10.5 Å². The zero-order chi connectivity index (χ0) is 8.04. The summed E-state index contributed by atoms with van der Waals surface area (Å²) < 4.78 is 4.96. The number of rotatable bonds is 5. The van der Waals surface area contributed by atoms with E-state index in [2.05, 4.69) is 13.8 Å². The molecule has 0 aliphatic rings.